The zero-order valence-electron chi connectivity index (χ0n) is 25.4. The minimum absolute atomic E-state index is 0.839. The molecule has 6 nitrogen and oxygen atoms in total. The lowest BCUT2D eigenvalue weighted by Gasteiger charge is -2.26. The highest BCUT2D eigenvalue weighted by molar-refractivity contribution is 5.85. The summed E-state index contributed by atoms with van der Waals surface area (Å²) >= 11 is 0. The van der Waals surface area contributed by atoms with Crippen LogP contribution in [0.5, 0.6) is 17.2 Å². The van der Waals surface area contributed by atoms with Gasteiger partial charge in [-0.1, -0.05) is 36.4 Å². The Bertz CT molecular complexity index is 1830. The Labute approximate surface area is 259 Å². The van der Waals surface area contributed by atoms with Crippen LogP contribution in [0.15, 0.2) is 97.3 Å². The van der Waals surface area contributed by atoms with Crippen LogP contribution in [-0.2, 0) is 19.3 Å². The van der Waals surface area contributed by atoms with Gasteiger partial charge in [-0.05, 0) is 89.9 Å². The molecule has 0 amide bonds. The minimum atomic E-state index is 0.839. The number of nitrogens with one attached hydrogen (secondary N) is 3. The molecule has 0 spiro atoms. The van der Waals surface area contributed by atoms with Crippen molar-refractivity contribution in [3.8, 4) is 28.4 Å². The summed E-state index contributed by atoms with van der Waals surface area (Å²) in [7, 11) is 1.70. The number of rotatable bonds is 11. The van der Waals surface area contributed by atoms with Crippen LogP contribution in [0, 0.1) is 0 Å². The van der Waals surface area contributed by atoms with Gasteiger partial charge in [-0.15, -0.1) is 0 Å². The van der Waals surface area contributed by atoms with Gasteiger partial charge in [0.15, 0.2) is 0 Å². The number of aryl methyl sites for hydroxylation is 2. The first-order valence-electron chi connectivity index (χ1n) is 15.8. The molecule has 6 heteroatoms. The maximum Gasteiger partial charge on any atom is 0.129 e. The van der Waals surface area contributed by atoms with Gasteiger partial charge in [0.25, 0.3) is 0 Å². The van der Waals surface area contributed by atoms with Crippen LogP contribution in [0.4, 0.5) is 0 Å². The van der Waals surface area contributed by atoms with Crippen LogP contribution in [0.1, 0.15) is 23.1 Å². The average molecular weight is 585 g/mol. The Kier molecular flexibility index (Phi) is 8.35. The largest absolute Gasteiger partial charge is 0.497 e. The van der Waals surface area contributed by atoms with Gasteiger partial charge in [-0.3, -0.25) is 0 Å². The Morgan fingerprint density at radius 3 is 1.91 bits per heavy atom. The predicted molar refractivity (Wildman–Crippen MR) is 180 cm³/mol. The molecule has 0 radical (unpaired) electrons. The van der Waals surface area contributed by atoms with Crippen LogP contribution in [0.3, 0.4) is 0 Å². The van der Waals surface area contributed by atoms with Gasteiger partial charge in [0, 0.05) is 79.1 Å². The normalized spacial score (nSPS) is 13.9. The second kappa shape index (κ2) is 13.0. The molecule has 0 unspecified atom stereocenters. The van der Waals surface area contributed by atoms with Crippen LogP contribution in [0.25, 0.3) is 32.9 Å². The van der Waals surface area contributed by atoms with E-state index in [9.17, 15) is 0 Å². The lowest BCUT2D eigenvalue weighted by molar-refractivity contribution is 0.244. The second-order valence-electron chi connectivity index (χ2n) is 11.8. The second-order valence-corrected chi connectivity index (χ2v) is 11.8. The van der Waals surface area contributed by atoms with Crippen molar-refractivity contribution in [2.75, 3.05) is 39.8 Å². The molecule has 44 heavy (non-hydrogen) atoms. The van der Waals surface area contributed by atoms with Gasteiger partial charge in [0.2, 0.25) is 0 Å². The van der Waals surface area contributed by atoms with E-state index in [0.29, 0.717) is 0 Å². The van der Waals surface area contributed by atoms with Crippen molar-refractivity contribution in [3.63, 3.8) is 0 Å². The van der Waals surface area contributed by atoms with Crippen molar-refractivity contribution in [2.24, 2.45) is 0 Å². The summed E-state index contributed by atoms with van der Waals surface area (Å²) in [5, 5.41) is 5.99. The predicted octanol–water partition coefficient (Wildman–Crippen LogP) is 7.74. The number of hydrogen-bond acceptors (Lipinski definition) is 4. The molecule has 0 atom stereocenters. The first-order valence-corrected chi connectivity index (χ1v) is 15.8. The van der Waals surface area contributed by atoms with E-state index in [1.807, 2.05) is 6.07 Å². The Morgan fingerprint density at radius 2 is 1.23 bits per heavy atom. The maximum absolute atomic E-state index is 6.23. The first-order chi connectivity index (χ1) is 21.7. The van der Waals surface area contributed by atoms with Crippen molar-refractivity contribution in [1.29, 1.82) is 0 Å². The topological polar surface area (TPSA) is 65.3 Å². The van der Waals surface area contributed by atoms with E-state index in [4.69, 9.17) is 9.47 Å². The molecule has 7 rings (SSSR count). The Morgan fingerprint density at radius 1 is 0.636 bits per heavy atom. The van der Waals surface area contributed by atoms with Crippen molar-refractivity contribution >= 4 is 21.8 Å². The molecule has 2 aromatic heterocycles. The summed E-state index contributed by atoms with van der Waals surface area (Å²) in [6, 6.07) is 29.9. The minimum Gasteiger partial charge on any atom is -0.497 e. The van der Waals surface area contributed by atoms with Gasteiger partial charge >= 0.3 is 0 Å². The zero-order chi connectivity index (χ0) is 29.7. The lowest BCUT2D eigenvalue weighted by Crippen LogP contribution is -2.44. The molecule has 0 bridgehead atoms. The van der Waals surface area contributed by atoms with Crippen molar-refractivity contribution in [3.05, 3.63) is 114 Å². The highest BCUT2D eigenvalue weighted by atomic mass is 16.5. The molecule has 0 aliphatic carbocycles. The fourth-order valence-corrected chi connectivity index (χ4v) is 6.35. The van der Waals surface area contributed by atoms with E-state index < -0.39 is 0 Å². The number of ether oxygens (including phenoxy) is 2. The molecule has 1 aliphatic heterocycles. The number of H-pyrrole nitrogens is 2. The Balaban J connectivity index is 0.925. The van der Waals surface area contributed by atoms with Crippen LogP contribution in [-0.4, -0.2) is 54.7 Å². The van der Waals surface area contributed by atoms with E-state index >= 15 is 0 Å². The number of hydrogen-bond donors (Lipinski definition) is 3. The number of fused-ring (bicyclic) bond motifs is 2. The lowest BCUT2D eigenvalue weighted by atomic mass is 10.00. The molecule has 1 fully saturated rings. The summed E-state index contributed by atoms with van der Waals surface area (Å²) in [4.78, 5) is 9.37. The standard InChI is InChI=1S/C38H40N4O2/c1-43-33-13-15-35-30(25-40-37(35)23-33)4-2-3-27-5-7-28(8-6-27)29-9-11-32(12-10-29)44-34-14-16-36-31(26-41-38(36)24-34)17-20-42-21-18-39-19-22-42/h5-16,23-26,39-41H,2-4,17-22H2,1H3. The zero-order valence-corrected chi connectivity index (χ0v) is 25.4. The molecule has 1 saturated heterocycles. The van der Waals surface area contributed by atoms with E-state index in [1.54, 1.807) is 7.11 Å². The van der Waals surface area contributed by atoms with Crippen LogP contribution >= 0.6 is 0 Å². The van der Waals surface area contributed by atoms with Gasteiger partial charge in [-0.2, -0.15) is 0 Å². The van der Waals surface area contributed by atoms with Crippen molar-refractivity contribution in [1.82, 2.24) is 20.2 Å². The third-order valence-electron chi connectivity index (χ3n) is 8.91. The fraction of sp³-hybridized carbons (Fsp3) is 0.263. The number of methoxy groups -OCH3 is 1. The van der Waals surface area contributed by atoms with Gasteiger partial charge in [0.05, 0.1) is 7.11 Å². The summed E-state index contributed by atoms with van der Waals surface area (Å²) in [6.07, 6.45) is 8.55. The molecular formula is C38H40N4O2. The number of nitrogens with zero attached hydrogens (tertiary/aromatic N) is 1. The molecule has 3 N–H and O–H groups in total. The molecule has 224 valence electrons. The number of aromatic amines is 2. The highest BCUT2D eigenvalue weighted by Gasteiger charge is 2.12. The van der Waals surface area contributed by atoms with Gasteiger partial charge in [-0.25, -0.2) is 0 Å². The van der Waals surface area contributed by atoms with Crippen molar-refractivity contribution in [2.45, 2.75) is 25.7 Å². The number of piperazine rings is 1. The quantitative estimate of drug-likeness (QED) is 0.146. The summed E-state index contributed by atoms with van der Waals surface area (Å²) in [5.74, 6) is 2.57. The summed E-state index contributed by atoms with van der Waals surface area (Å²) in [5.41, 5.74) is 8.75. The molecule has 1 aliphatic rings. The summed E-state index contributed by atoms with van der Waals surface area (Å²) < 4.78 is 11.6. The molecular weight excluding hydrogens is 544 g/mol. The summed E-state index contributed by atoms with van der Waals surface area (Å²) in [6.45, 7) is 5.55. The van der Waals surface area contributed by atoms with E-state index in [0.717, 1.165) is 86.7 Å². The fourth-order valence-electron chi connectivity index (χ4n) is 6.35. The van der Waals surface area contributed by atoms with Gasteiger partial charge < -0.3 is 29.7 Å². The third kappa shape index (κ3) is 6.37. The third-order valence-corrected chi connectivity index (χ3v) is 8.91. The van der Waals surface area contributed by atoms with E-state index in [1.165, 1.54) is 38.6 Å². The highest BCUT2D eigenvalue weighted by Crippen LogP contribution is 2.30. The number of aromatic nitrogens is 2. The van der Waals surface area contributed by atoms with Gasteiger partial charge in [0.1, 0.15) is 17.2 Å². The smallest absolute Gasteiger partial charge is 0.129 e. The van der Waals surface area contributed by atoms with E-state index in [-0.39, 0.29) is 0 Å². The average Bonchev–Trinajstić information content (AvgIpc) is 3.68. The molecule has 4 aromatic carbocycles. The molecule has 6 aromatic rings. The van der Waals surface area contributed by atoms with Crippen molar-refractivity contribution < 1.29 is 9.47 Å². The van der Waals surface area contributed by atoms with Crippen LogP contribution in [0.2, 0.25) is 0 Å². The number of benzene rings is 4. The molecule has 3 heterocycles. The SMILES string of the molecule is COc1ccc2c(CCCc3ccc(-c4ccc(Oc5ccc6c(CCN7CCNCC7)c[nH]c6c5)cc4)cc3)c[nH]c2c1. The van der Waals surface area contributed by atoms with E-state index in [2.05, 4.69) is 111 Å². The monoisotopic (exact) mass is 584 g/mol. The maximum atomic E-state index is 6.23. The molecule has 0 saturated carbocycles. The van der Waals surface area contributed by atoms with Crippen LogP contribution < -0.4 is 14.8 Å². The first kappa shape index (κ1) is 28.3. The Hall–Kier alpha value is -4.52.